The van der Waals surface area contributed by atoms with E-state index in [0.29, 0.717) is 39.0 Å². The molecule has 0 radical (unpaired) electrons. The molecule has 2 saturated heterocycles. The van der Waals surface area contributed by atoms with Gasteiger partial charge in [-0.25, -0.2) is 4.39 Å². The first-order chi connectivity index (χ1) is 12.5. The van der Waals surface area contributed by atoms with E-state index in [1.165, 1.54) is 0 Å². The maximum atomic E-state index is 13.1. The van der Waals surface area contributed by atoms with Crippen molar-refractivity contribution in [2.45, 2.75) is 51.7 Å². The minimum Gasteiger partial charge on any atom is -0.341 e. The van der Waals surface area contributed by atoms with Crippen LogP contribution in [0.25, 0.3) is 0 Å². The summed E-state index contributed by atoms with van der Waals surface area (Å²) in [6.45, 7) is 4.38. The van der Waals surface area contributed by atoms with Crippen LogP contribution in [0.15, 0.2) is 18.2 Å². The van der Waals surface area contributed by atoms with Gasteiger partial charge in [0.25, 0.3) is 0 Å². The number of hydrogen-bond donors (Lipinski definition) is 0. The first kappa shape index (κ1) is 17.4. The summed E-state index contributed by atoms with van der Waals surface area (Å²) in [6.07, 6.45) is 2.35. The topological polar surface area (TPSA) is 53.5 Å². The molecule has 1 aromatic rings. The van der Waals surface area contributed by atoms with Crippen molar-refractivity contribution in [3.63, 3.8) is 0 Å². The fourth-order valence-electron chi connectivity index (χ4n) is 4.63. The van der Waals surface area contributed by atoms with E-state index in [9.17, 15) is 14.0 Å². The second kappa shape index (κ2) is 6.63. The molecule has 6 heteroatoms. The van der Waals surface area contributed by atoms with E-state index in [4.69, 9.17) is 0 Å². The fourth-order valence-corrected chi connectivity index (χ4v) is 4.63. The van der Waals surface area contributed by atoms with Gasteiger partial charge < -0.3 is 9.80 Å². The van der Waals surface area contributed by atoms with Crippen LogP contribution in [0.1, 0.15) is 43.5 Å². The molecule has 3 fully saturated rings. The van der Waals surface area contributed by atoms with Crippen molar-refractivity contribution in [1.29, 1.82) is 0 Å². The lowest BCUT2D eigenvalue weighted by Crippen LogP contribution is -2.52. The number of aryl methyl sites for hydroxylation is 1. The van der Waals surface area contributed by atoms with E-state index >= 15 is 0 Å². The van der Waals surface area contributed by atoms with Gasteiger partial charge in [-0.3, -0.25) is 14.6 Å². The number of carbonyl (C=O) groups excluding carboxylic acids is 2. The molecule has 0 aromatic carbocycles. The van der Waals surface area contributed by atoms with Gasteiger partial charge in [0.15, 0.2) is 0 Å². The van der Waals surface area contributed by atoms with E-state index < -0.39 is 11.6 Å². The standard InChI is InChI=1S/C20H26FN3O2/c1-14-4-2-5-17(22-14)12-23-9-7-20(19(23)26)6-3-8-24(13-20)18(25)15-10-16(21)11-15/h2,4-5,15-16H,3,6-13H2,1H3/t15?,16?,20-/m0/s1. The first-order valence-electron chi connectivity index (χ1n) is 9.62. The van der Waals surface area contributed by atoms with Crippen LogP contribution in [0.4, 0.5) is 4.39 Å². The van der Waals surface area contributed by atoms with Crippen molar-refractivity contribution in [2.75, 3.05) is 19.6 Å². The molecule has 1 aromatic heterocycles. The SMILES string of the molecule is Cc1cccc(CN2CC[C@]3(CCCN(C(=O)C4CC(F)C4)C3)C2=O)n1. The lowest BCUT2D eigenvalue weighted by molar-refractivity contribution is -0.148. The van der Waals surface area contributed by atoms with Crippen LogP contribution in [0, 0.1) is 18.3 Å². The third-order valence-electron chi connectivity index (χ3n) is 6.22. The Kier molecular flexibility index (Phi) is 4.45. The molecule has 2 amide bonds. The molecule has 0 N–H and O–H groups in total. The summed E-state index contributed by atoms with van der Waals surface area (Å²) < 4.78 is 13.1. The van der Waals surface area contributed by atoms with Crippen LogP contribution in [0.5, 0.6) is 0 Å². The summed E-state index contributed by atoms with van der Waals surface area (Å²) in [5.74, 6) is 0.0177. The molecular weight excluding hydrogens is 333 g/mol. The van der Waals surface area contributed by atoms with Gasteiger partial charge in [0, 0.05) is 31.2 Å². The summed E-state index contributed by atoms with van der Waals surface area (Å²) >= 11 is 0. The molecule has 1 atom stereocenters. The van der Waals surface area contributed by atoms with Crippen molar-refractivity contribution in [1.82, 2.24) is 14.8 Å². The van der Waals surface area contributed by atoms with E-state index in [1.807, 2.05) is 34.9 Å². The van der Waals surface area contributed by atoms with E-state index in [1.54, 1.807) is 0 Å². The number of aromatic nitrogens is 1. The van der Waals surface area contributed by atoms with Crippen LogP contribution >= 0.6 is 0 Å². The number of halogens is 1. The van der Waals surface area contributed by atoms with Gasteiger partial charge in [0.05, 0.1) is 17.7 Å². The van der Waals surface area contributed by atoms with Crippen LogP contribution in [0.2, 0.25) is 0 Å². The Labute approximate surface area is 153 Å². The highest BCUT2D eigenvalue weighted by Crippen LogP contribution is 2.42. The predicted octanol–water partition coefficient (Wildman–Crippen LogP) is 2.48. The number of rotatable bonds is 3. The van der Waals surface area contributed by atoms with Gasteiger partial charge in [-0.15, -0.1) is 0 Å². The average Bonchev–Trinajstić information content (AvgIpc) is 2.88. The van der Waals surface area contributed by atoms with Crippen molar-refractivity contribution < 1.29 is 14.0 Å². The molecule has 2 aliphatic heterocycles. The van der Waals surface area contributed by atoms with Crippen LogP contribution < -0.4 is 0 Å². The van der Waals surface area contributed by atoms with Crippen LogP contribution in [-0.4, -0.2) is 52.4 Å². The third-order valence-corrected chi connectivity index (χ3v) is 6.22. The summed E-state index contributed by atoms with van der Waals surface area (Å²) in [5.41, 5.74) is 1.41. The number of hydrogen-bond acceptors (Lipinski definition) is 3. The van der Waals surface area contributed by atoms with Gasteiger partial charge in [0.1, 0.15) is 6.17 Å². The monoisotopic (exact) mass is 359 g/mol. The first-order valence-corrected chi connectivity index (χ1v) is 9.62. The second-order valence-corrected chi connectivity index (χ2v) is 8.16. The minimum absolute atomic E-state index is 0.0459. The number of carbonyl (C=O) groups is 2. The molecule has 4 rings (SSSR count). The Bertz CT molecular complexity index is 719. The molecule has 0 bridgehead atoms. The maximum Gasteiger partial charge on any atom is 0.231 e. The smallest absolute Gasteiger partial charge is 0.231 e. The summed E-state index contributed by atoms with van der Waals surface area (Å²) in [5, 5.41) is 0. The van der Waals surface area contributed by atoms with Gasteiger partial charge in [-0.05, 0) is 51.2 Å². The number of alkyl halides is 1. The molecule has 1 aliphatic carbocycles. The van der Waals surface area contributed by atoms with Crippen molar-refractivity contribution in [3.05, 3.63) is 29.6 Å². The Morgan fingerprint density at radius 3 is 2.85 bits per heavy atom. The number of likely N-dealkylation sites (tertiary alicyclic amines) is 2. The molecule has 5 nitrogen and oxygen atoms in total. The van der Waals surface area contributed by atoms with Gasteiger partial charge >= 0.3 is 0 Å². The largest absolute Gasteiger partial charge is 0.341 e. The summed E-state index contributed by atoms with van der Waals surface area (Å²) in [7, 11) is 0. The zero-order valence-electron chi connectivity index (χ0n) is 15.3. The van der Waals surface area contributed by atoms with Crippen molar-refractivity contribution in [3.8, 4) is 0 Å². The lowest BCUT2D eigenvalue weighted by atomic mass is 9.76. The highest BCUT2D eigenvalue weighted by Gasteiger charge is 2.50. The number of piperidine rings is 1. The second-order valence-electron chi connectivity index (χ2n) is 8.16. The highest BCUT2D eigenvalue weighted by molar-refractivity contribution is 5.87. The van der Waals surface area contributed by atoms with E-state index in [2.05, 4.69) is 4.98 Å². The Morgan fingerprint density at radius 2 is 2.12 bits per heavy atom. The zero-order chi connectivity index (χ0) is 18.3. The third kappa shape index (κ3) is 3.10. The minimum atomic E-state index is -0.826. The highest BCUT2D eigenvalue weighted by atomic mass is 19.1. The molecule has 1 saturated carbocycles. The van der Waals surface area contributed by atoms with Crippen molar-refractivity contribution >= 4 is 11.8 Å². The quantitative estimate of drug-likeness (QED) is 0.833. The average molecular weight is 359 g/mol. The maximum absolute atomic E-state index is 13.1. The number of nitrogens with zero attached hydrogens (tertiary/aromatic N) is 3. The Hall–Kier alpha value is -1.98. The van der Waals surface area contributed by atoms with Crippen LogP contribution in [-0.2, 0) is 16.1 Å². The van der Waals surface area contributed by atoms with Gasteiger partial charge in [-0.1, -0.05) is 6.07 Å². The summed E-state index contributed by atoms with van der Waals surface area (Å²) in [4.78, 5) is 34.0. The number of amides is 2. The Balaban J connectivity index is 1.43. The molecule has 1 spiro atoms. The predicted molar refractivity (Wildman–Crippen MR) is 94.9 cm³/mol. The molecular formula is C20H26FN3O2. The van der Waals surface area contributed by atoms with Gasteiger partial charge in [-0.2, -0.15) is 0 Å². The van der Waals surface area contributed by atoms with E-state index in [-0.39, 0.29) is 17.7 Å². The van der Waals surface area contributed by atoms with Gasteiger partial charge in [0.2, 0.25) is 11.8 Å². The summed E-state index contributed by atoms with van der Waals surface area (Å²) in [6, 6.07) is 5.86. The lowest BCUT2D eigenvalue weighted by Gasteiger charge is -2.42. The molecule has 26 heavy (non-hydrogen) atoms. The van der Waals surface area contributed by atoms with E-state index in [0.717, 1.165) is 30.7 Å². The zero-order valence-corrected chi connectivity index (χ0v) is 15.3. The molecule has 0 unspecified atom stereocenters. The Morgan fingerprint density at radius 1 is 1.31 bits per heavy atom. The van der Waals surface area contributed by atoms with Crippen molar-refractivity contribution in [2.24, 2.45) is 11.3 Å². The molecule has 3 heterocycles. The normalized spacial score (nSPS) is 31.4. The number of pyridine rings is 1. The fraction of sp³-hybridized carbons (Fsp3) is 0.650. The van der Waals surface area contributed by atoms with Crippen LogP contribution in [0.3, 0.4) is 0 Å². The molecule has 3 aliphatic rings. The molecule has 140 valence electrons.